The van der Waals surface area contributed by atoms with E-state index in [1.54, 1.807) is 0 Å². The van der Waals surface area contributed by atoms with Crippen molar-refractivity contribution in [2.45, 2.75) is 0 Å². The molecule has 0 saturated heterocycles. The lowest BCUT2D eigenvalue weighted by molar-refractivity contribution is 1.17. The summed E-state index contributed by atoms with van der Waals surface area (Å²) in [4.78, 5) is 15.5. The largest absolute Gasteiger partial charge is 0.309 e. The van der Waals surface area contributed by atoms with Crippen molar-refractivity contribution in [1.29, 1.82) is 0 Å². The quantitative estimate of drug-likeness (QED) is 0.174. The number of hydrogen-bond donors (Lipinski definition) is 0. The molecule has 0 aliphatic rings. The van der Waals surface area contributed by atoms with E-state index < -0.39 is 0 Å². The molecule has 3 aromatic heterocycles. The zero-order valence-electron chi connectivity index (χ0n) is 27.6. The van der Waals surface area contributed by atoms with E-state index in [0.717, 1.165) is 72.3 Å². The lowest BCUT2D eigenvalue weighted by Gasteiger charge is -2.15. The Balaban J connectivity index is 1.21. The fraction of sp³-hybridized carbons (Fsp3) is 0. The summed E-state index contributed by atoms with van der Waals surface area (Å²) in [7, 11) is 0. The Morgan fingerprint density at radius 2 is 0.922 bits per heavy atom. The van der Waals surface area contributed by atoms with E-state index in [2.05, 4.69) is 150 Å². The van der Waals surface area contributed by atoms with Gasteiger partial charge in [-0.15, -0.1) is 0 Å². The lowest BCUT2D eigenvalue weighted by Crippen LogP contribution is -1.98. The van der Waals surface area contributed by atoms with Gasteiger partial charge in [-0.1, -0.05) is 140 Å². The highest BCUT2D eigenvalue weighted by Gasteiger charge is 2.20. The second-order valence-corrected chi connectivity index (χ2v) is 12.8. The highest BCUT2D eigenvalue weighted by Crippen LogP contribution is 2.42. The van der Waals surface area contributed by atoms with Gasteiger partial charge in [-0.3, -0.25) is 0 Å². The van der Waals surface area contributed by atoms with Gasteiger partial charge in [-0.2, -0.15) is 0 Å². The van der Waals surface area contributed by atoms with E-state index in [4.69, 9.17) is 15.0 Å². The first-order valence-corrected chi connectivity index (χ1v) is 17.2. The summed E-state index contributed by atoms with van der Waals surface area (Å²) in [6, 6.07) is 63.6. The van der Waals surface area contributed by atoms with Crippen LogP contribution in [0.25, 0.3) is 94.3 Å². The van der Waals surface area contributed by atoms with E-state index in [-0.39, 0.29) is 0 Å². The molecule has 0 unspecified atom stereocenters. The zero-order chi connectivity index (χ0) is 33.7. The average Bonchev–Trinajstić information content (AvgIpc) is 3.56. The van der Waals surface area contributed by atoms with Crippen LogP contribution in [0.3, 0.4) is 0 Å². The van der Waals surface area contributed by atoms with Crippen LogP contribution in [0, 0.1) is 0 Å². The predicted molar refractivity (Wildman–Crippen MR) is 211 cm³/mol. The minimum Gasteiger partial charge on any atom is -0.309 e. The minimum atomic E-state index is 0.691. The summed E-state index contributed by atoms with van der Waals surface area (Å²) in [5.41, 5.74) is 11.3. The summed E-state index contributed by atoms with van der Waals surface area (Å²) in [5, 5.41) is 5.88. The van der Waals surface area contributed by atoms with E-state index in [9.17, 15) is 0 Å². The third-order valence-corrected chi connectivity index (χ3v) is 9.80. The summed E-state index contributed by atoms with van der Waals surface area (Å²) < 4.78 is 2.40. The number of nitrogens with zero attached hydrogens (tertiary/aromatic N) is 4. The maximum Gasteiger partial charge on any atom is 0.160 e. The Bertz CT molecular complexity index is 2820. The van der Waals surface area contributed by atoms with Gasteiger partial charge >= 0.3 is 0 Å². The first-order chi connectivity index (χ1) is 25.3. The molecule has 4 nitrogen and oxygen atoms in total. The molecule has 0 amide bonds. The first-order valence-electron chi connectivity index (χ1n) is 17.2. The Morgan fingerprint density at radius 3 is 1.59 bits per heavy atom. The number of hydrogen-bond acceptors (Lipinski definition) is 3. The smallest absolute Gasteiger partial charge is 0.160 e. The van der Waals surface area contributed by atoms with Gasteiger partial charge in [0.2, 0.25) is 0 Å². The minimum absolute atomic E-state index is 0.691. The van der Waals surface area contributed by atoms with Crippen molar-refractivity contribution in [3.63, 3.8) is 0 Å². The van der Waals surface area contributed by atoms with Crippen molar-refractivity contribution in [2.75, 3.05) is 0 Å². The van der Waals surface area contributed by atoms with E-state index in [1.807, 2.05) is 36.4 Å². The monoisotopic (exact) mass is 650 g/mol. The topological polar surface area (TPSA) is 43.6 Å². The molecule has 0 spiro atoms. The number of rotatable bonds is 5. The van der Waals surface area contributed by atoms with Crippen LogP contribution in [0.1, 0.15) is 0 Å². The fourth-order valence-electron chi connectivity index (χ4n) is 7.42. The highest BCUT2D eigenvalue weighted by molar-refractivity contribution is 6.25. The zero-order valence-corrected chi connectivity index (χ0v) is 27.6. The summed E-state index contributed by atoms with van der Waals surface area (Å²) in [6.07, 6.45) is 0. The van der Waals surface area contributed by atoms with Crippen LogP contribution in [0.15, 0.2) is 182 Å². The van der Waals surface area contributed by atoms with Crippen LogP contribution >= 0.6 is 0 Å². The molecule has 238 valence electrons. The molecular formula is C47H30N4. The fourth-order valence-corrected chi connectivity index (χ4v) is 7.42. The number of benzene rings is 7. The van der Waals surface area contributed by atoms with Gasteiger partial charge in [-0.25, -0.2) is 15.0 Å². The van der Waals surface area contributed by atoms with Crippen molar-refractivity contribution >= 4 is 43.5 Å². The van der Waals surface area contributed by atoms with Crippen molar-refractivity contribution < 1.29 is 0 Å². The molecule has 0 atom stereocenters. The molecule has 0 aliphatic heterocycles. The van der Waals surface area contributed by atoms with Gasteiger partial charge in [0.25, 0.3) is 0 Å². The first kappa shape index (κ1) is 29.0. The molecule has 0 fully saturated rings. The molecule has 0 radical (unpaired) electrons. The molecule has 4 heteroatoms. The van der Waals surface area contributed by atoms with Crippen molar-refractivity contribution in [3.8, 4) is 50.8 Å². The maximum absolute atomic E-state index is 5.32. The third-order valence-electron chi connectivity index (χ3n) is 9.80. The summed E-state index contributed by atoms with van der Waals surface area (Å²) in [5.74, 6) is 0.691. The predicted octanol–water partition coefficient (Wildman–Crippen LogP) is 11.9. The third kappa shape index (κ3) is 4.88. The standard InChI is InChI=1S/C47H30N4/c1-4-14-31(15-5-1)41-30-42(32-16-6-2-7-17-32)50-47(49-41)34-24-26-35(27-25-34)51-43-23-13-11-21-37(43)39-29-28-38-36-20-10-12-22-40(36)48-45(44(38)46(39)51)33-18-8-3-9-19-33/h1-30H. The molecule has 0 N–H and O–H groups in total. The van der Waals surface area contributed by atoms with Gasteiger partial charge in [0.1, 0.15) is 0 Å². The Labute approximate surface area is 295 Å². The van der Waals surface area contributed by atoms with Crippen LogP contribution < -0.4 is 0 Å². The Kier molecular flexibility index (Phi) is 6.78. The van der Waals surface area contributed by atoms with Crippen molar-refractivity contribution in [1.82, 2.24) is 19.5 Å². The number of aromatic nitrogens is 4. The SMILES string of the molecule is c1ccc(-c2cc(-c3ccccc3)nc(-c3ccc(-n4c5ccccc5c5ccc6c7ccccc7nc(-c7ccccc7)c6c54)cc3)n2)cc1. The van der Waals surface area contributed by atoms with E-state index in [1.165, 1.54) is 16.2 Å². The van der Waals surface area contributed by atoms with Crippen LogP contribution in [-0.2, 0) is 0 Å². The van der Waals surface area contributed by atoms with E-state index in [0.29, 0.717) is 5.82 Å². The Hall–Kier alpha value is -6.91. The number of pyridine rings is 1. The number of fused-ring (bicyclic) bond motifs is 7. The average molecular weight is 651 g/mol. The van der Waals surface area contributed by atoms with Crippen molar-refractivity contribution in [3.05, 3.63) is 182 Å². The van der Waals surface area contributed by atoms with Crippen molar-refractivity contribution in [2.24, 2.45) is 0 Å². The number of para-hydroxylation sites is 2. The maximum atomic E-state index is 5.32. The van der Waals surface area contributed by atoms with Gasteiger partial charge in [0.05, 0.1) is 33.6 Å². The van der Waals surface area contributed by atoms with Crippen LogP contribution in [-0.4, -0.2) is 19.5 Å². The van der Waals surface area contributed by atoms with Gasteiger partial charge in [0.15, 0.2) is 5.82 Å². The second kappa shape index (κ2) is 11.9. The molecule has 51 heavy (non-hydrogen) atoms. The summed E-state index contributed by atoms with van der Waals surface area (Å²) in [6.45, 7) is 0. The van der Waals surface area contributed by atoms with Gasteiger partial charge in [0, 0.05) is 49.5 Å². The Morgan fingerprint density at radius 1 is 0.373 bits per heavy atom. The molecular weight excluding hydrogens is 621 g/mol. The second-order valence-electron chi connectivity index (χ2n) is 12.8. The van der Waals surface area contributed by atoms with Gasteiger partial charge < -0.3 is 4.57 Å². The molecule has 0 aliphatic carbocycles. The molecule has 10 rings (SSSR count). The summed E-state index contributed by atoms with van der Waals surface area (Å²) >= 11 is 0. The molecule has 0 bridgehead atoms. The lowest BCUT2D eigenvalue weighted by atomic mass is 9.97. The highest BCUT2D eigenvalue weighted by atomic mass is 15.0. The molecule has 10 aromatic rings. The molecule has 0 saturated carbocycles. The van der Waals surface area contributed by atoms with Crippen LogP contribution in [0.4, 0.5) is 0 Å². The molecule has 3 heterocycles. The van der Waals surface area contributed by atoms with Gasteiger partial charge in [-0.05, 0) is 47.9 Å². The molecule has 7 aromatic carbocycles. The van der Waals surface area contributed by atoms with Crippen LogP contribution in [0.2, 0.25) is 0 Å². The van der Waals surface area contributed by atoms with Crippen LogP contribution in [0.5, 0.6) is 0 Å². The normalized spacial score (nSPS) is 11.5. The van der Waals surface area contributed by atoms with E-state index >= 15 is 0 Å².